The Kier molecular flexibility index (Phi) is 7.65. The Bertz CT molecular complexity index is 1160. The molecule has 0 aliphatic carbocycles. The van der Waals surface area contributed by atoms with Crippen LogP contribution >= 0.6 is 24.0 Å². The van der Waals surface area contributed by atoms with Crippen LogP contribution in [0.15, 0.2) is 77.7 Å². The van der Waals surface area contributed by atoms with Crippen LogP contribution in [0.1, 0.15) is 23.6 Å². The molecule has 1 saturated heterocycles. The maximum atomic E-state index is 11.8. The normalized spacial score (nSPS) is 14.3. The number of thioether (sulfide) groups is 1. The summed E-state index contributed by atoms with van der Waals surface area (Å²) in [6.45, 7) is 3.36. The molecule has 0 bridgehead atoms. The molecule has 1 amide bonds. The van der Waals surface area contributed by atoms with Gasteiger partial charge in [-0.3, -0.25) is 4.79 Å². The van der Waals surface area contributed by atoms with Gasteiger partial charge in [0.05, 0.1) is 11.5 Å². The van der Waals surface area contributed by atoms with E-state index < -0.39 is 0 Å². The van der Waals surface area contributed by atoms with Gasteiger partial charge in [-0.2, -0.15) is 0 Å². The third kappa shape index (κ3) is 6.37. The zero-order chi connectivity index (χ0) is 23.0. The highest BCUT2D eigenvalue weighted by atomic mass is 32.2. The quantitative estimate of drug-likeness (QED) is 0.314. The minimum atomic E-state index is -0.161. The van der Waals surface area contributed by atoms with E-state index >= 15 is 0 Å². The fourth-order valence-corrected chi connectivity index (χ4v) is 4.21. The molecule has 7 heteroatoms. The van der Waals surface area contributed by atoms with Gasteiger partial charge in [0.15, 0.2) is 11.5 Å². The summed E-state index contributed by atoms with van der Waals surface area (Å²) >= 11 is 6.28. The van der Waals surface area contributed by atoms with E-state index in [4.69, 9.17) is 26.4 Å². The molecule has 0 spiro atoms. The zero-order valence-electron chi connectivity index (χ0n) is 18.1. The predicted molar refractivity (Wildman–Crippen MR) is 135 cm³/mol. The van der Waals surface area contributed by atoms with Gasteiger partial charge >= 0.3 is 0 Å². The Balaban J connectivity index is 1.37. The molecule has 1 aliphatic heterocycles. The van der Waals surface area contributed by atoms with Crippen molar-refractivity contribution >= 4 is 40.3 Å². The van der Waals surface area contributed by atoms with Crippen molar-refractivity contribution < 1.29 is 19.0 Å². The van der Waals surface area contributed by atoms with Crippen LogP contribution in [0.3, 0.4) is 0 Å². The molecule has 1 heterocycles. The van der Waals surface area contributed by atoms with E-state index in [-0.39, 0.29) is 5.91 Å². The summed E-state index contributed by atoms with van der Waals surface area (Å²) in [5.41, 5.74) is 2.98. The van der Waals surface area contributed by atoms with Gasteiger partial charge in [-0.05, 0) is 54.0 Å². The first-order valence-electron chi connectivity index (χ1n) is 10.5. The smallest absolute Gasteiger partial charge is 0.263 e. The molecule has 168 valence electrons. The number of nitrogens with one attached hydrogen (secondary N) is 1. The van der Waals surface area contributed by atoms with Crippen LogP contribution in [0.2, 0.25) is 0 Å². The SMILES string of the molecule is CCOc1cc(COc2ccc(C=C3SC(=S)NC3=O)cc2)ccc1OCc1ccccc1. The van der Waals surface area contributed by atoms with Gasteiger partial charge in [-0.15, -0.1) is 0 Å². The molecule has 1 fully saturated rings. The zero-order valence-corrected chi connectivity index (χ0v) is 19.7. The second-order valence-corrected chi connectivity index (χ2v) is 8.92. The first-order chi connectivity index (χ1) is 16.1. The minimum Gasteiger partial charge on any atom is -0.490 e. The standard InChI is InChI=1S/C26H23NO4S2/c1-2-29-23-14-20(10-13-22(23)31-16-19-6-4-3-5-7-19)17-30-21-11-8-18(9-12-21)15-24-25(28)27-26(32)33-24/h3-15H,2,16-17H2,1H3,(H,27,28,32). The number of benzene rings is 3. The third-order valence-electron chi connectivity index (χ3n) is 4.77. The lowest BCUT2D eigenvalue weighted by Crippen LogP contribution is -2.17. The van der Waals surface area contributed by atoms with Crippen molar-refractivity contribution in [3.8, 4) is 17.2 Å². The van der Waals surface area contributed by atoms with E-state index in [1.165, 1.54) is 11.8 Å². The fraction of sp³-hybridized carbons (Fsp3) is 0.154. The topological polar surface area (TPSA) is 56.8 Å². The van der Waals surface area contributed by atoms with E-state index in [0.29, 0.717) is 40.5 Å². The summed E-state index contributed by atoms with van der Waals surface area (Å²) in [6, 6.07) is 23.4. The highest BCUT2D eigenvalue weighted by molar-refractivity contribution is 8.26. The van der Waals surface area contributed by atoms with Crippen molar-refractivity contribution in [3.05, 3.63) is 94.4 Å². The molecule has 0 aromatic heterocycles. The largest absolute Gasteiger partial charge is 0.490 e. The predicted octanol–water partition coefficient (Wildman–Crippen LogP) is 5.73. The van der Waals surface area contributed by atoms with Crippen molar-refractivity contribution in [2.45, 2.75) is 20.1 Å². The van der Waals surface area contributed by atoms with Crippen LogP contribution in [0.4, 0.5) is 0 Å². The van der Waals surface area contributed by atoms with Crippen LogP contribution in [0.25, 0.3) is 6.08 Å². The Morgan fingerprint density at radius 2 is 1.64 bits per heavy atom. The Hall–Kier alpha value is -3.29. The van der Waals surface area contributed by atoms with Crippen molar-refractivity contribution in [3.63, 3.8) is 0 Å². The molecular weight excluding hydrogens is 454 g/mol. The number of hydrogen-bond donors (Lipinski definition) is 1. The van der Waals surface area contributed by atoms with Crippen molar-refractivity contribution in [1.82, 2.24) is 5.32 Å². The van der Waals surface area contributed by atoms with Gasteiger partial charge in [-0.1, -0.05) is 72.5 Å². The molecule has 5 nitrogen and oxygen atoms in total. The van der Waals surface area contributed by atoms with Crippen LogP contribution < -0.4 is 19.5 Å². The van der Waals surface area contributed by atoms with Crippen molar-refractivity contribution in [2.24, 2.45) is 0 Å². The molecule has 0 saturated carbocycles. The molecule has 0 atom stereocenters. The summed E-state index contributed by atoms with van der Waals surface area (Å²) in [5, 5.41) is 2.61. The van der Waals surface area contributed by atoms with Gasteiger partial charge in [0.2, 0.25) is 0 Å². The van der Waals surface area contributed by atoms with E-state index in [9.17, 15) is 4.79 Å². The van der Waals surface area contributed by atoms with E-state index in [1.807, 2.05) is 85.8 Å². The molecule has 3 aromatic carbocycles. The number of amides is 1. The number of hydrogen-bond acceptors (Lipinski definition) is 6. The summed E-state index contributed by atoms with van der Waals surface area (Å²) in [7, 11) is 0. The number of carbonyl (C=O) groups is 1. The number of thiocarbonyl (C=S) groups is 1. The van der Waals surface area contributed by atoms with Crippen LogP contribution in [0, 0.1) is 0 Å². The lowest BCUT2D eigenvalue weighted by molar-refractivity contribution is -0.115. The molecular formula is C26H23NO4S2. The van der Waals surface area contributed by atoms with Gasteiger partial charge in [0.1, 0.15) is 23.3 Å². The van der Waals surface area contributed by atoms with E-state index in [1.54, 1.807) is 0 Å². The summed E-state index contributed by atoms with van der Waals surface area (Å²) in [4.78, 5) is 12.4. The van der Waals surface area contributed by atoms with Crippen LogP contribution in [-0.2, 0) is 18.0 Å². The first-order valence-corrected chi connectivity index (χ1v) is 11.7. The highest BCUT2D eigenvalue weighted by Crippen LogP contribution is 2.30. The fourth-order valence-electron chi connectivity index (χ4n) is 3.16. The molecule has 3 aromatic rings. The number of rotatable bonds is 9. The molecule has 1 N–H and O–H groups in total. The molecule has 33 heavy (non-hydrogen) atoms. The van der Waals surface area contributed by atoms with Crippen LogP contribution in [-0.4, -0.2) is 16.8 Å². The number of ether oxygens (including phenoxy) is 3. The first kappa shape index (κ1) is 22.9. The molecule has 1 aliphatic rings. The third-order valence-corrected chi connectivity index (χ3v) is 5.93. The summed E-state index contributed by atoms with van der Waals surface area (Å²) in [6.07, 6.45) is 1.81. The monoisotopic (exact) mass is 477 g/mol. The maximum Gasteiger partial charge on any atom is 0.263 e. The van der Waals surface area contributed by atoms with Gasteiger partial charge in [0, 0.05) is 0 Å². The van der Waals surface area contributed by atoms with Crippen molar-refractivity contribution in [2.75, 3.05) is 6.61 Å². The molecule has 0 unspecified atom stereocenters. The Morgan fingerprint density at radius 1 is 0.879 bits per heavy atom. The maximum absolute atomic E-state index is 11.8. The summed E-state index contributed by atoms with van der Waals surface area (Å²) in [5.74, 6) is 1.97. The second kappa shape index (κ2) is 11.0. The Morgan fingerprint density at radius 3 is 2.33 bits per heavy atom. The molecule has 0 radical (unpaired) electrons. The Labute approximate surface area is 202 Å². The average Bonchev–Trinajstić information content (AvgIpc) is 3.15. The van der Waals surface area contributed by atoms with E-state index in [2.05, 4.69) is 5.32 Å². The van der Waals surface area contributed by atoms with Crippen molar-refractivity contribution in [1.29, 1.82) is 0 Å². The van der Waals surface area contributed by atoms with Gasteiger partial charge in [0.25, 0.3) is 5.91 Å². The lowest BCUT2D eigenvalue weighted by atomic mass is 10.2. The lowest BCUT2D eigenvalue weighted by Gasteiger charge is -2.14. The minimum absolute atomic E-state index is 0.161. The highest BCUT2D eigenvalue weighted by Gasteiger charge is 2.21. The van der Waals surface area contributed by atoms with Gasteiger partial charge in [-0.25, -0.2) is 0 Å². The molecule has 4 rings (SSSR count). The second-order valence-electron chi connectivity index (χ2n) is 7.20. The average molecular weight is 478 g/mol. The van der Waals surface area contributed by atoms with Crippen LogP contribution in [0.5, 0.6) is 17.2 Å². The summed E-state index contributed by atoms with van der Waals surface area (Å²) < 4.78 is 18.2. The number of carbonyl (C=O) groups excluding carboxylic acids is 1. The van der Waals surface area contributed by atoms with Gasteiger partial charge < -0.3 is 19.5 Å². The van der Waals surface area contributed by atoms with E-state index in [0.717, 1.165) is 22.4 Å².